The van der Waals surface area contributed by atoms with E-state index in [0.717, 1.165) is 12.0 Å². The third kappa shape index (κ3) is 2.14. The highest BCUT2D eigenvalue weighted by Gasteiger charge is 2.50. The number of halogens is 1. The fourth-order valence-corrected chi connectivity index (χ4v) is 3.04. The molecular weight excluding hydrogens is 308 g/mol. The normalized spacial score (nSPS) is 21.9. The minimum absolute atomic E-state index is 0.196. The second-order valence-electron chi connectivity index (χ2n) is 4.63. The van der Waals surface area contributed by atoms with Gasteiger partial charge in [-0.1, -0.05) is 45.8 Å². The van der Waals surface area contributed by atoms with Crippen LogP contribution >= 0.6 is 15.9 Å². The molecule has 0 bridgehead atoms. The Balaban J connectivity index is 2.53. The first-order valence-electron chi connectivity index (χ1n) is 6.09. The van der Waals surface area contributed by atoms with E-state index in [1.54, 1.807) is 18.2 Å². The van der Waals surface area contributed by atoms with Crippen molar-refractivity contribution in [1.82, 2.24) is 0 Å². The van der Waals surface area contributed by atoms with Crippen molar-refractivity contribution in [3.05, 3.63) is 46.0 Å². The van der Waals surface area contributed by atoms with Crippen molar-refractivity contribution in [3.8, 4) is 0 Å². The number of ether oxygens (including phenoxy) is 1. The molecule has 1 aliphatic carbocycles. The predicted octanol–water partition coefficient (Wildman–Crippen LogP) is 3.53. The summed E-state index contributed by atoms with van der Waals surface area (Å²) in [6.07, 6.45) is 3.13. The molecule has 0 saturated heterocycles. The molecule has 100 valence electrons. The second-order valence-corrected chi connectivity index (χ2v) is 5.49. The van der Waals surface area contributed by atoms with Crippen LogP contribution in [0.25, 0.3) is 0 Å². The number of ketones is 1. The summed E-state index contributed by atoms with van der Waals surface area (Å²) in [6, 6.07) is 7.15. The maximum atomic E-state index is 12.8. The zero-order valence-electron chi connectivity index (χ0n) is 10.9. The summed E-state index contributed by atoms with van der Waals surface area (Å²) in [7, 11) is 1.32. The van der Waals surface area contributed by atoms with Crippen molar-refractivity contribution in [3.63, 3.8) is 0 Å². The van der Waals surface area contributed by atoms with Gasteiger partial charge in [0.15, 0.2) is 11.2 Å². The molecular formula is C15H15BrO3. The molecule has 0 fully saturated rings. The molecule has 0 radical (unpaired) electrons. The van der Waals surface area contributed by atoms with E-state index in [1.807, 2.05) is 19.1 Å². The predicted molar refractivity (Wildman–Crippen MR) is 75.9 cm³/mol. The highest BCUT2D eigenvalue weighted by Crippen LogP contribution is 2.43. The van der Waals surface area contributed by atoms with Gasteiger partial charge < -0.3 is 4.74 Å². The van der Waals surface area contributed by atoms with E-state index in [1.165, 1.54) is 7.11 Å². The number of Topliss-reactive ketones (excluding diaryl/α,β-unsaturated/α-hetero) is 1. The Morgan fingerprint density at radius 2 is 2.00 bits per heavy atom. The van der Waals surface area contributed by atoms with E-state index in [9.17, 15) is 9.59 Å². The fourth-order valence-electron chi connectivity index (χ4n) is 2.57. The highest BCUT2D eigenvalue weighted by atomic mass is 79.9. The van der Waals surface area contributed by atoms with Crippen molar-refractivity contribution < 1.29 is 14.3 Å². The zero-order chi connectivity index (χ0) is 14.0. The van der Waals surface area contributed by atoms with E-state index < -0.39 is 11.4 Å². The molecule has 0 heterocycles. The summed E-state index contributed by atoms with van der Waals surface area (Å²) in [5, 5.41) is 0. The molecule has 0 saturated carbocycles. The van der Waals surface area contributed by atoms with Crippen LogP contribution in [0.3, 0.4) is 0 Å². The van der Waals surface area contributed by atoms with Crippen LogP contribution < -0.4 is 0 Å². The van der Waals surface area contributed by atoms with Gasteiger partial charge in [0.1, 0.15) is 0 Å². The summed E-state index contributed by atoms with van der Waals surface area (Å²) < 4.78 is 5.57. The smallest absolute Gasteiger partial charge is 0.323 e. The van der Waals surface area contributed by atoms with Gasteiger partial charge in [0.25, 0.3) is 0 Å². The quantitative estimate of drug-likeness (QED) is 0.370. The Labute approximate surface area is 120 Å². The van der Waals surface area contributed by atoms with Gasteiger partial charge in [0.2, 0.25) is 0 Å². The Hall–Kier alpha value is -1.42. The monoisotopic (exact) mass is 322 g/mol. The third-order valence-electron chi connectivity index (χ3n) is 3.68. The number of benzene rings is 1. The van der Waals surface area contributed by atoms with Gasteiger partial charge in [0, 0.05) is 10.0 Å². The van der Waals surface area contributed by atoms with Crippen molar-refractivity contribution >= 4 is 27.7 Å². The van der Waals surface area contributed by atoms with E-state index >= 15 is 0 Å². The maximum absolute atomic E-state index is 12.8. The number of methoxy groups -OCH3 is 1. The first kappa shape index (κ1) is 14.0. The molecule has 19 heavy (non-hydrogen) atoms. The SMILES string of the molecule is COC(=O)[C@@]1(C(=O)c2ccccc2Br)CCC=C1C. The first-order chi connectivity index (χ1) is 9.04. The molecule has 0 amide bonds. The average molecular weight is 323 g/mol. The molecule has 3 nitrogen and oxygen atoms in total. The summed E-state index contributed by atoms with van der Waals surface area (Å²) in [6.45, 7) is 1.82. The number of hydrogen-bond acceptors (Lipinski definition) is 3. The Morgan fingerprint density at radius 3 is 2.53 bits per heavy atom. The van der Waals surface area contributed by atoms with Crippen molar-refractivity contribution in [2.24, 2.45) is 5.41 Å². The maximum Gasteiger partial charge on any atom is 0.323 e. The molecule has 4 heteroatoms. The molecule has 0 N–H and O–H groups in total. The van der Waals surface area contributed by atoms with E-state index in [4.69, 9.17) is 4.74 Å². The number of allylic oxidation sites excluding steroid dienone is 1. The highest BCUT2D eigenvalue weighted by molar-refractivity contribution is 9.10. The van der Waals surface area contributed by atoms with E-state index in [2.05, 4.69) is 15.9 Å². The number of carbonyl (C=O) groups excluding carboxylic acids is 2. The Morgan fingerprint density at radius 1 is 1.32 bits per heavy atom. The van der Waals surface area contributed by atoms with Crippen LogP contribution in [-0.4, -0.2) is 18.9 Å². The van der Waals surface area contributed by atoms with Crippen molar-refractivity contribution in [2.75, 3.05) is 7.11 Å². The molecule has 0 spiro atoms. The molecule has 1 aromatic rings. The van der Waals surface area contributed by atoms with Crippen LogP contribution in [0.2, 0.25) is 0 Å². The Bertz CT molecular complexity index is 562. The van der Waals surface area contributed by atoms with Gasteiger partial charge in [-0.25, -0.2) is 0 Å². The lowest BCUT2D eigenvalue weighted by Gasteiger charge is -2.27. The first-order valence-corrected chi connectivity index (χ1v) is 6.88. The summed E-state index contributed by atoms with van der Waals surface area (Å²) in [5.74, 6) is -0.669. The molecule has 0 aromatic heterocycles. The van der Waals surface area contributed by atoms with Gasteiger partial charge in [-0.05, 0) is 25.8 Å². The minimum atomic E-state index is -1.15. The third-order valence-corrected chi connectivity index (χ3v) is 4.37. The topological polar surface area (TPSA) is 43.4 Å². The van der Waals surface area contributed by atoms with Gasteiger partial charge in [-0.15, -0.1) is 0 Å². The molecule has 0 aliphatic heterocycles. The Kier molecular flexibility index (Phi) is 3.90. The van der Waals surface area contributed by atoms with Crippen LogP contribution in [0.5, 0.6) is 0 Å². The van der Waals surface area contributed by atoms with Crippen LogP contribution in [0.4, 0.5) is 0 Å². The number of esters is 1. The summed E-state index contributed by atoms with van der Waals surface area (Å²) in [4.78, 5) is 25.0. The van der Waals surface area contributed by atoms with Crippen LogP contribution in [0.1, 0.15) is 30.1 Å². The number of hydrogen-bond donors (Lipinski definition) is 0. The number of rotatable bonds is 3. The number of carbonyl (C=O) groups is 2. The second kappa shape index (κ2) is 5.29. The lowest BCUT2D eigenvalue weighted by atomic mass is 9.75. The van der Waals surface area contributed by atoms with Crippen molar-refractivity contribution in [1.29, 1.82) is 0 Å². The molecule has 2 rings (SSSR count). The lowest BCUT2D eigenvalue weighted by Crippen LogP contribution is -2.39. The van der Waals surface area contributed by atoms with Gasteiger partial charge in [0.05, 0.1) is 7.11 Å². The summed E-state index contributed by atoms with van der Waals surface area (Å²) in [5.41, 5.74) is 0.140. The van der Waals surface area contributed by atoms with Gasteiger partial charge >= 0.3 is 5.97 Å². The average Bonchev–Trinajstić information content (AvgIpc) is 2.80. The van der Waals surface area contributed by atoms with Crippen LogP contribution in [0.15, 0.2) is 40.4 Å². The standard InChI is InChI=1S/C15H15BrO3/c1-10-6-5-9-15(10,14(18)19-2)13(17)11-7-3-4-8-12(11)16/h3-4,6-8H,5,9H2,1-2H3/t15-/m0/s1. The largest absolute Gasteiger partial charge is 0.468 e. The van der Waals surface area contributed by atoms with Crippen molar-refractivity contribution in [2.45, 2.75) is 19.8 Å². The van der Waals surface area contributed by atoms with E-state index in [0.29, 0.717) is 16.5 Å². The molecule has 1 aliphatic rings. The van der Waals surface area contributed by atoms with Crippen LogP contribution in [-0.2, 0) is 9.53 Å². The molecule has 1 atom stereocenters. The van der Waals surface area contributed by atoms with Gasteiger partial charge in [-0.2, -0.15) is 0 Å². The van der Waals surface area contributed by atoms with E-state index in [-0.39, 0.29) is 5.78 Å². The van der Waals surface area contributed by atoms with Crippen LogP contribution in [0, 0.1) is 5.41 Å². The van der Waals surface area contributed by atoms with Gasteiger partial charge in [-0.3, -0.25) is 9.59 Å². The summed E-state index contributed by atoms with van der Waals surface area (Å²) >= 11 is 3.37. The lowest BCUT2D eigenvalue weighted by molar-refractivity contribution is -0.147. The molecule has 1 aromatic carbocycles. The molecule has 0 unspecified atom stereocenters. The zero-order valence-corrected chi connectivity index (χ0v) is 12.5. The fraction of sp³-hybridized carbons (Fsp3) is 0.333. The minimum Gasteiger partial charge on any atom is -0.468 e.